The van der Waals surface area contributed by atoms with Crippen LogP contribution >= 0.6 is 0 Å². The monoisotopic (exact) mass is 314 g/mol. The number of ketones is 1. The van der Waals surface area contributed by atoms with E-state index in [-0.39, 0.29) is 11.8 Å². The van der Waals surface area contributed by atoms with Crippen molar-refractivity contribution in [1.29, 1.82) is 0 Å². The van der Waals surface area contributed by atoms with E-state index >= 15 is 0 Å². The molecule has 7 heteroatoms. The quantitative estimate of drug-likeness (QED) is 0.653. The van der Waals surface area contributed by atoms with Crippen molar-refractivity contribution in [2.45, 2.75) is 19.9 Å². The van der Waals surface area contributed by atoms with Gasteiger partial charge in [-0.15, -0.1) is 0 Å². The molecule has 1 aromatic carbocycles. The number of nitrogens with one attached hydrogen (secondary N) is 2. The highest BCUT2D eigenvalue weighted by molar-refractivity contribution is 6.39. The summed E-state index contributed by atoms with van der Waals surface area (Å²) in [7, 11) is 1.72. The number of aromatic nitrogens is 2. The molecular weight excluding hydrogens is 296 g/mol. The third-order valence-electron chi connectivity index (χ3n) is 3.03. The van der Waals surface area contributed by atoms with Gasteiger partial charge in [-0.1, -0.05) is 12.1 Å². The Kier molecular flexibility index (Phi) is 4.90. The lowest BCUT2D eigenvalue weighted by Crippen LogP contribution is -2.39. The van der Waals surface area contributed by atoms with Gasteiger partial charge in [-0.25, -0.2) is 4.98 Å². The lowest BCUT2D eigenvalue weighted by atomic mass is 10.1. The van der Waals surface area contributed by atoms with Crippen LogP contribution < -0.4 is 10.6 Å². The van der Waals surface area contributed by atoms with Crippen LogP contribution in [0.2, 0.25) is 0 Å². The van der Waals surface area contributed by atoms with Crippen molar-refractivity contribution in [2.75, 3.05) is 5.32 Å². The highest BCUT2D eigenvalue weighted by Crippen LogP contribution is 2.14. The minimum atomic E-state index is -0.778. The summed E-state index contributed by atoms with van der Waals surface area (Å²) >= 11 is 0. The molecule has 2 amide bonds. The van der Waals surface area contributed by atoms with Crippen LogP contribution in [0.5, 0.6) is 0 Å². The molecule has 2 N–H and O–H groups in total. The Labute approximate surface area is 133 Å². The number of rotatable bonds is 4. The fourth-order valence-electron chi connectivity index (χ4n) is 1.97. The van der Waals surface area contributed by atoms with E-state index in [4.69, 9.17) is 0 Å². The van der Waals surface area contributed by atoms with Gasteiger partial charge in [0.05, 0.1) is 0 Å². The van der Waals surface area contributed by atoms with Crippen molar-refractivity contribution in [3.05, 3.63) is 48.0 Å². The van der Waals surface area contributed by atoms with Gasteiger partial charge in [-0.05, 0) is 26.0 Å². The van der Waals surface area contributed by atoms with E-state index in [1.54, 1.807) is 49.9 Å². The van der Waals surface area contributed by atoms with Crippen molar-refractivity contribution in [3.63, 3.8) is 0 Å². The first-order valence-electron chi connectivity index (χ1n) is 7.12. The predicted octanol–water partition coefficient (Wildman–Crippen LogP) is 1.11. The fourth-order valence-corrected chi connectivity index (χ4v) is 1.97. The van der Waals surface area contributed by atoms with E-state index in [2.05, 4.69) is 15.6 Å². The van der Waals surface area contributed by atoms with Gasteiger partial charge in [0.1, 0.15) is 0 Å². The zero-order chi connectivity index (χ0) is 17.0. The molecule has 0 saturated carbocycles. The maximum absolute atomic E-state index is 12.4. The molecular formula is C16H18N4O3. The number of benzene rings is 1. The summed E-state index contributed by atoms with van der Waals surface area (Å²) in [4.78, 5) is 39.8. The highest BCUT2D eigenvalue weighted by atomic mass is 16.2. The number of hydrogen-bond donors (Lipinski definition) is 2. The van der Waals surface area contributed by atoms with E-state index in [9.17, 15) is 14.4 Å². The Balaban J connectivity index is 2.14. The van der Waals surface area contributed by atoms with Gasteiger partial charge in [0.25, 0.3) is 0 Å². The smallest absolute Gasteiger partial charge is 0.313 e. The molecule has 0 bridgehead atoms. The number of carbonyl (C=O) groups excluding carboxylic acids is 3. The van der Waals surface area contributed by atoms with E-state index in [1.165, 1.54) is 12.3 Å². The van der Waals surface area contributed by atoms with Crippen LogP contribution in [0.25, 0.3) is 0 Å². The molecule has 0 unspecified atom stereocenters. The number of hydrogen-bond acceptors (Lipinski definition) is 4. The van der Waals surface area contributed by atoms with Crippen LogP contribution in [-0.2, 0) is 16.6 Å². The van der Waals surface area contributed by atoms with E-state index in [0.29, 0.717) is 17.1 Å². The van der Waals surface area contributed by atoms with Gasteiger partial charge in [0, 0.05) is 36.7 Å². The van der Waals surface area contributed by atoms with E-state index in [1.807, 2.05) is 0 Å². The summed E-state index contributed by atoms with van der Waals surface area (Å²) in [6.45, 7) is 3.52. The summed E-state index contributed by atoms with van der Waals surface area (Å²) in [5.74, 6) is -1.47. The standard InChI is InChI=1S/C16H18N4O3/c1-10(2)18-15(22)16(23)19-12-6-4-5-11(9-12)13(21)14-17-7-8-20(14)3/h4-10H,1-3H3,(H,18,22)(H,19,23). The number of carbonyl (C=O) groups is 3. The van der Waals surface area contributed by atoms with Gasteiger partial charge >= 0.3 is 11.8 Å². The summed E-state index contributed by atoms with van der Waals surface area (Å²) in [5.41, 5.74) is 0.746. The molecule has 7 nitrogen and oxygen atoms in total. The number of aryl methyl sites for hydroxylation is 1. The molecule has 0 radical (unpaired) electrons. The Morgan fingerprint density at radius 3 is 2.52 bits per heavy atom. The molecule has 0 saturated heterocycles. The van der Waals surface area contributed by atoms with Crippen LogP contribution in [0.3, 0.4) is 0 Å². The third-order valence-corrected chi connectivity index (χ3v) is 3.03. The SMILES string of the molecule is CC(C)NC(=O)C(=O)Nc1cccc(C(=O)c2nccn2C)c1. The van der Waals surface area contributed by atoms with E-state index < -0.39 is 11.8 Å². The zero-order valence-electron chi connectivity index (χ0n) is 13.2. The predicted molar refractivity (Wildman–Crippen MR) is 85.0 cm³/mol. The summed E-state index contributed by atoms with van der Waals surface area (Å²) in [6.07, 6.45) is 3.21. The maximum atomic E-state index is 12.4. The van der Waals surface area contributed by atoms with Crippen LogP contribution in [-0.4, -0.2) is 33.2 Å². The average Bonchev–Trinajstić information content (AvgIpc) is 2.92. The van der Waals surface area contributed by atoms with Crippen molar-refractivity contribution in [2.24, 2.45) is 7.05 Å². The lowest BCUT2D eigenvalue weighted by Gasteiger charge is -2.09. The summed E-state index contributed by atoms with van der Waals surface area (Å²) in [5, 5.41) is 4.97. The molecule has 1 aromatic heterocycles. The Morgan fingerprint density at radius 2 is 1.91 bits per heavy atom. The number of nitrogens with zero attached hydrogens (tertiary/aromatic N) is 2. The molecule has 1 heterocycles. The normalized spacial score (nSPS) is 10.4. The van der Waals surface area contributed by atoms with E-state index in [0.717, 1.165) is 0 Å². The number of anilines is 1. The molecule has 0 aliphatic rings. The largest absolute Gasteiger partial charge is 0.346 e. The molecule has 0 atom stereocenters. The van der Waals surface area contributed by atoms with Crippen LogP contribution in [0.1, 0.15) is 30.0 Å². The number of amides is 2. The average molecular weight is 314 g/mol. The van der Waals surface area contributed by atoms with Crippen LogP contribution in [0, 0.1) is 0 Å². The molecule has 0 fully saturated rings. The second-order valence-electron chi connectivity index (χ2n) is 5.35. The molecule has 0 aliphatic heterocycles. The van der Waals surface area contributed by atoms with Crippen LogP contribution in [0.15, 0.2) is 36.7 Å². The number of imidazole rings is 1. The Bertz CT molecular complexity index is 749. The van der Waals surface area contributed by atoms with Gasteiger partial charge in [-0.3, -0.25) is 14.4 Å². The molecule has 2 rings (SSSR count). The van der Waals surface area contributed by atoms with Gasteiger partial charge < -0.3 is 15.2 Å². The zero-order valence-corrected chi connectivity index (χ0v) is 13.2. The fraction of sp³-hybridized carbons (Fsp3) is 0.250. The van der Waals surface area contributed by atoms with Gasteiger partial charge in [0.15, 0.2) is 5.82 Å². The molecule has 2 aromatic rings. The van der Waals surface area contributed by atoms with Gasteiger partial charge in [0.2, 0.25) is 5.78 Å². The summed E-state index contributed by atoms with van der Waals surface area (Å²) < 4.78 is 1.61. The van der Waals surface area contributed by atoms with Crippen LogP contribution in [0.4, 0.5) is 5.69 Å². The first kappa shape index (κ1) is 16.4. The lowest BCUT2D eigenvalue weighted by molar-refractivity contribution is -0.136. The maximum Gasteiger partial charge on any atom is 0.313 e. The van der Waals surface area contributed by atoms with Crippen molar-refractivity contribution in [1.82, 2.24) is 14.9 Å². The molecule has 120 valence electrons. The Hall–Kier alpha value is -2.96. The van der Waals surface area contributed by atoms with Gasteiger partial charge in [-0.2, -0.15) is 0 Å². The second kappa shape index (κ2) is 6.87. The third kappa shape index (κ3) is 4.03. The molecule has 0 spiro atoms. The highest BCUT2D eigenvalue weighted by Gasteiger charge is 2.17. The van der Waals surface area contributed by atoms with Crippen molar-refractivity contribution in [3.8, 4) is 0 Å². The molecule has 0 aliphatic carbocycles. The van der Waals surface area contributed by atoms with Crippen molar-refractivity contribution < 1.29 is 14.4 Å². The second-order valence-corrected chi connectivity index (χ2v) is 5.35. The first-order valence-corrected chi connectivity index (χ1v) is 7.12. The molecule has 23 heavy (non-hydrogen) atoms. The first-order chi connectivity index (χ1) is 10.9. The minimum Gasteiger partial charge on any atom is -0.346 e. The topological polar surface area (TPSA) is 93.1 Å². The summed E-state index contributed by atoms with van der Waals surface area (Å²) in [6, 6.07) is 6.24. The Morgan fingerprint density at radius 1 is 1.17 bits per heavy atom. The minimum absolute atomic E-state index is 0.135. The van der Waals surface area contributed by atoms with Crippen molar-refractivity contribution >= 4 is 23.3 Å².